The monoisotopic (exact) mass is 187 g/mol. The first-order valence-corrected chi connectivity index (χ1v) is 4.72. The molecule has 2 heterocycles. The van der Waals surface area contributed by atoms with E-state index in [2.05, 4.69) is 4.98 Å². The van der Waals surface area contributed by atoms with Gasteiger partial charge >= 0.3 is 0 Å². The van der Waals surface area contributed by atoms with E-state index in [0.717, 1.165) is 18.5 Å². The molecule has 0 N–H and O–H groups in total. The van der Waals surface area contributed by atoms with Crippen LogP contribution >= 0.6 is 0 Å². The van der Waals surface area contributed by atoms with E-state index in [0.29, 0.717) is 16.9 Å². The van der Waals surface area contributed by atoms with Crippen molar-refractivity contribution < 1.29 is 4.42 Å². The molecule has 1 saturated carbocycles. The number of hydrogen-bond acceptors (Lipinski definition) is 3. The predicted molar refractivity (Wildman–Crippen MR) is 52.3 cm³/mol. The van der Waals surface area contributed by atoms with Gasteiger partial charge in [-0.15, -0.1) is 0 Å². The van der Waals surface area contributed by atoms with Crippen molar-refractivity contribution in [2.24, 2.45) is 0 Å². The highest BCUT2D eigenvalue weighted by Crippen LogP contribution is 2.41. The summed E-state index contributed by atoms with van der Waals surface area (Å²) in [6, 6.07) is 3.16. The molecule has 0 aromatic carbocycles. The quantitative estimate of drug-likeness (QED) is 0.686. The molecule has 0 saturated heterocycles. The first-order valence-electron chi connectivity index (χ1n) is 4.72. The molecule has 0 bridgehead atoms. The second-order valence-electron chi connectivity index (χ2n) is 3.63. The van der Waals surface area contributed by atoms with E-state index in [1.807, 2.05) is 0 Å². The minimum absolute atomic E-state index is 0.00977. The maximum absolute atomic E-state index is 11.5. The Kier molecular flexibility index (Phi) is 1.48. The third-order valence-corrected chi connectivity index (χ3v) is 2.57. The van der Waals surface area contributed by atoms with Gasteiger partial charge in [-0.3, -0.25) is 9.78 Å². The van der Waals surface area contributed by atoms with E-state index in [-0.39, 0.29) is 5.43 Å². The minimum Gasteiger partial charge on any atom is -0.462 e. The lowest BCUT2D eigenvalue weighted by molar-refractivity contribution is 0.594. The summed E-state index contributed by atoms with van der Waals surface area (Å²) in [6.45, 7) is 0. The summed E-state index contributed by atoms with van der Waals surface area (Å²) in [5.41, 5.74) is 1.62. The fourth-order valence-corrected chi connectivity index (χ4v) is 1.68. The van der Waals surface area contributed by atoms with Gasteiger partial charge < -0.3 is 4.42 Å². The zero-order valence-corrected chi connectivity index (χ0v) is 7.56. The lowest BCUT2D eigenvalue weighted by Crippen LogP contribution is -2.00. The molecule has 2 aromatic rings. The summed E-state index contributed by atoms with van der Waals surface area (Å²) >= 11 is 0. The first-order chi connectivity index (χ1) is 6.86. The van der Waals surface area contributed by atoms with Crippen LogP contribution in [-0.4, -0.2) is 4.98 Å². The van der Waals surface area contributed by atoms with Crippen molar-refractivity contribution >= 4 is 11.0 Å². The molecule has 0 atom stereocenters. The second kappa shape index (κ2) is 2.67. The Bertz CT molecular complexity index is 540. The van der Waals surface area contributed by atoms with Gasteiger partial charge in [-0.25, -0.2) is 0 Å². The highest BCUT2D eigenvalue weighted by molar-refractivity contribution is 5.78. The van der Waals surface area contributed by atoms with Crippen molar-refractivity contribution in [2.75, 3.05) is 0 Å². The highest BCUT2D eigenvalue weighted by atomic mass is 16.3. The van der Waals surface area contributed by atoms with Crippen LogP contribution in [0, 0.1) is 0 Å². The Morgan fingerprint density at radius 1 is 1.36 bits per heavy atom. The maximum atomic E-state index is 11.5. The third-order valence-electron chi connectivity index (χ3n) is 2.57. The van der Waals surface area contributed by atoms with Gasteiger partial charge in [0.1, 0.15) is 0 Å². The van der Waals surface area contributed by atoms with Crippen LogP contribution in [0.5, 0.6) is 0 Å². The molecule has 3 heteroatoms. The maximum Gasteiger partial charge on any atom is 0.192 e. The van der Waals surface area contributed by atoms with E-state index in [1.54, 1.807) is 12.3 Å². The van der Waals surface area contributed by atoms with Crippen LogP contribution in [-0.2, 0) is 0 Å². The lowest BCUT2D eigenvalue weighted by Gasteiger charge is -2.00. The van der Waals surface area contributed by atoms with Crippen LogP contribution in [0.15, 0.2) is 33.8 Å². The molecule has 2 aromatic heterocycles. The molecule has 1 aliphatic rings. The summed E-state index contributed by atoms with van der Waals surface area (Å²) in [4.78, 5) is 15.8. The van der Waals surface area contributed by atoms with E-state index in [1.165, 1.54) is 12.3 Å². The number of nitrogens with zero attached hydrogens (tertiary/aromatic N) is 1. The topological polar surface area (TPSA) is 43.1 Å². The highest BCUT2D eigenvalue weighted by Gasteiger charge is 2.28. The van der Waals surface area contributed by atoms with Crippen LogP contribution in [0.1, 0.15) is 24.5 Å². The van der Waals surface area contributed by atoms with Crippen LogP contribution in [0.3, 0.4) is 0 Å². The summed E-state index contributed by atoms with van der Waals surface area (Å²) < 4.78 is 5.36. The average molecular weight is 187 g/mol. The first kappa shape index (κ1) is 7.74. The van der Waals surface area contributed by atoms with E-state index in [9.17, 15) is 4.79 Å². The second-order valence-corrected chi connectivity index (χ2v) is 3.63. The summed E-state index contributed by atoms with van der Waals surface area (Å²) in [7, 11) is 0. The summed E-state index contributed by atoms with van der Waals surface area (Å²) in [5, 5.41) is 0.643. The van der Waals surface area contributed by atoms with Crippen molar-refractivity contribution in [1.29, 1.82) is 0 Å². The van der Waals surface area contributed by atoms with Gasteiger partial charge in [-0.2, -0.15) is 0 Å². The normalized spacial score (nSPS) is 16.0. The molecule has 0 spiro atoms. The van der Waals surface area contributed by atoms with Crippen molar-refractivity contribution in [1.82, 2.24) is 4.98 Å². The molecule has 0 radical (unpaired) electrons. The molecule has 3 rings (SSSR count). The molecule has 1 aliphatic carbocycles. The number of hydrogen-bond donors (Lipinski definition) is 0. The molecule has 0 amide bonds. The molecule has 0 unspecified atom stereocenters. The number of fused-ring (bicyclic) bond motifs is 1. The van der Waals surface area contributed by atoms with Gasteiger partial charge in [0, 0.05) is 18.2 Å². The zero-order valence-electron chi connectivity index (χ0n) is 7.56. The number of rotatable bonds is 1. The largest absolute Gasteiger partial charge is 0.462 e. The third kappa shape index (κ3) is 1.05. The van der Waals surface area contributed by atoms with Crippen molar-refractivity contribution in [3.8, 4) is 0 Å². The van der Waals surface area contributed by atoms with Gasteiger partial charge in [0.2, 0.25) is 0 Å². The zero-order chi connectivity index (χ0) is 9.54. The summed E-state index contributed by atoms with van der Waals surface area (Å²) in [5.74, 6) is 0.504. The van der Waals surface area contributed by atoms with Crippen LogP contribution in [0.25, 0.3) is 11.0 Å². The van der Waals surface area contributed by atoms with Gasteiger partial charge in [-0.05, 0) is 18.9 Å². The molecular formula is C11H9NO2. The van der Waals surface area contributed by atoms with E-state index >= 15 is 0 Å². The Morgan fingerprint density at radius 3 is 3.00 bits per heavy atom. The lowest BCUT2D eigenvalue weighted by atomic mass is 10.2. The standard InChI is InChI=1S/C11H9NO2/c13-9-4-6-14-11-8(9)3-5-12-10(11)7-1-2-7/h3-7H,1-2H2. The smallest absolute Gasteiger partial charge is 0.192 e. The van der Waals surface area contributed by atoms with Crippen molar-refractivity contribution in [3.63, 3.8) is 0 Å². The van der Waals surface area contributed by atoms with Gasteiger partial charge in [0.15, 0.2) is 11.0 Å². The van der Waals surface area contributed by atoms with E-state index in [4.69, 9.17) is 4.42 Å². The Labute approximate surface area is 80.4 Å². The fourth-order valence-electron chi connectivity index (χ4n) is 1.68. The minimum atomic E-state index is 0.00977. The predicted octanol–water partition coefficient (Wildman–Crippen LogP) is 2.07. The van der Waals surface area contributed by atoms with Gasteiger partial charge in [0.05, 0.1) is 17.3 Å². The number of aromatic nitrogens is 1. The fraction of sp³-hybridized carbons (Fsp3) is 0.273. The van der Waals surface area contributed by atoms with Crippen molar-refractivity contribution in [3.05, 3.63) is 40.5 Å². The average Bonchev–Trinajstić information content (AvgIpc) is 3.01. The molecule has 70 valence electrons. The van der Waals surface area contributed by atoms with Crippen LogP contribution in [0.2, 0.25) is 0 Å². The molecule has 0 aliphatic heterocycles. The van der Waals surface area contributed by atoms with Gasteiger partial charge in [-0.1, -0.05) is 0 Å². The summed E-state index contributed by atoms with van der Waals surface area (Å²) in [6.07, 6.45) is 5.45. The Morgan fingerprint density at radius 2 is 2.21 bits per heavy atom. The molecule has 14 heavy (non-hydrogen) atoms. The Hall–Kier alpha value is -1.64. The van der Waals surface area contributed by atoms with Gasteiger partial charge in [0.25, 0.3) is 0 Å². The number of pyridine rings is 1. The van der Waals surface area contributed by atoms with E-state index < -0.39 is 0 Å². The molecule has 1 fully saturated rings. The molecular weight excluding hydrogens is 178 g/mol. The van der Waals surface area contributed by atoms with Crippen molar-refractivity contribution in [2.45, 2.75) is 18.8 Å². The van der Waals surface area contributed by atoms with Crippen LogP contribution in [0.4, 0.5) is 0 Å². The SMILES string of the molecule is O=c1ccoc2c(C3CC3)nccc12. The molecule has 3 nitrogen and oxygen atoms in total. The Balaban J connectivity index is 2.41. The van der Waals surface area contributed by atoms with Crippen LogP contribution < -0.4 is 5.43 Å².